The molecule has 18 heavy (non-hydrogen) atoms. The van der Waals surface area contributed by atoms with E-state index in [9.17, 15) is 0 Å². The molecule has 98 valence electrons. The Balaban J connectivity index is 1.74. The lowest BCUT2D eigenvalue weighted by Gasteiger charge is -2.46. The van der Waals surface area contributed by atoms with Crippen molar-refractivity contribution in [3.8, 4) is 0 Å². The molecule has 0 radical (unpaired) electrons. The number of allylic oxidation sites excluding steroid dienone is 4. The SMILES string of the molecule is C[C@]12CC=C3C4=C(CCCC4)CC[C@H]3[C@@H]1CCC2. The summed E-state index contributed by atoms with van der Waals surface area (Å²) in [5.74, 6) is 1.97. The lowest BCUT2D eigenvalue weighted by molar-refractivity contribution is 0.152. The van der Waals surface area contributed by atoms with Crippen LogP contribution in [0.5, 0.6) is 0 Å². The van der Waals surface area contributed by atoms with Crippen molar-refractivity contribution < 1.29 is 0 Å². The van der Waals surface area contributed by atoms with Gasteiger partial charge in [0.1, 0.15) is 0 Å². The van der Waals surface area contributed by atoms with E-state index in [4.69, 9.17) is 0 Å². The fraction of sp³-hybridized carbons (Fsp3) is 0.778. The number of hydrogen-bond acceptors (Lipinski definition) is 0. The molecular weight excluding hydrogens is 216 g/mol. The maximum atomic E-state index is 2.67. The molecule has 0 spiro atoms. The summed E-state index contributed by atoms with van der Waals surface area (Å²) in [6.07, 6.45) is 17.2. The summed E-state index contributed by atoms with van der Waals surface area (Å²) < 4.78 is 0. The molecule has 0 aromatic heterocycles. The van der Waals surface area contributed by atoms with Gasteiger partial charge in [-0.05, 0) is 86.2 Å². The first-order valence-corrected chi connectivity index (χ1v) is 8.19. The normalized spacial score (nSPS) is 43.1. The van der Waals surface area contributed by atoms with Crippen LogP contribution in [0.15, 0.2) is 22.8 Å². The van der Waals surface area contributed by atoms with Crippen LogP contribution < -0.4 is 0 Å². The van der Waals surface area contributed by atoms with E-state index in [-0.39, 0.29) is 0 Å². The Labute approximate surface area is 112 Å². The molecular formula is C18H26. The van der Waals surface area contributed by atoms with E-state index >= 15 is 0 Å². The molecule has 0 aromatic carbocycles. The van der Waals surface area contributed by atoms with Crippen molar-refractivity contribution >= 4 is 0 Å². The Morgan fingerprint density at radius 1 is 1.06 bits per heavy atom. The maximum absolute atomic E-state index is 2.67. The zero-order chi connectivity index (χ0) is 12.2. The molecule has 0 saturated heterocycles. The molecule has 1 fully saturated rings. The van der Waals surface area contributed by atoms with Gasteiger partial charge in [0.05, 0.1) is 0 Å². The van der Waals surface area contributed by atoms with Crippen LogP contribution in [-0.4, -0.2) is 0 Å². The molecule has 0 aromatic rings. The van der Waals surface area contributed by atoms with E-state index in [1.54, 1.807) is 0 Å². The van der Waals surface area contributed by atoms with Crippen molar-refractivity contribution in [3.05, 3.63) is 22.8 Å². The van der Waals surface area contributed by atoms with Gasteiger partial charge in [-0.2, -0.15) is 0 Å². The maximum Gasteiger partial charge on any atom is -0.0126 e. The summed E-state index contributed by atoms with van der Waals surface area (Å²) in [5.41, 5.74) is 6.19. The van der Waals surface area contributed by atoms with Crippen LogP contribution >= 0.6 is 0 Å². The van der Waals surface area contributed by atoms with Crippen molar-refractivity contribution in [2.45, 2.75) is 71.1 Å². The Morgan fingerprint density at radius 2 is 1.94 bits per heavy atom. The van der Waals surface area contributed by atoms with E-state index < -0.39 is 0 Å². The molecule has 0 bridgehead atoms. The smallest absolute Gasteiger partial charge is 0.0126 e. The minimum Gasteiger partial charge on any atom is -0.0802 e. The molecule has 0 heteroatoms. The first-order valence-electron chi connectivity index (χ1n) is 8.19. The van der Waals surface area contributed by atoms with Gasteiger partial charge in [-0.15, -0.1) is 0 Å². The molecule has 0 nitrogen and oxygen atoms in total. The van der Waals surface area contributed by atoms with Gasteiger partial charge in [0.2, 0.25) is 0 Å². The zero-order valence-electron chi connectivity index (χ0n) is 11.8. The topological polar surface area (TPSA) is 0 Å². The fourth-order valence-electron chi connectivity index (χ4n) is 5.54. The van der Waals surface area contributed by atoms with Crippen molar-refractivity contribution in [2.75, 3.05) is 0 Å². The van der Waals surface area contributed by atoms with Crippen LogP contribution in [0.4, 0.5) is 0 Å². The Kier molecular flexibility index (Phi) is 2.51. The van der Waals surface area contributed by atoms with Gasteiger partial charge >= 0.3 is 0 Å². The number of fused-ring (bicyclic) bond motifs is 4. The number of hydrogen-bond donors (Lipinski definition) is 0. The van der Waals surface area contributed by atoms with Gasteiger partial charge in [-0.1, -0.05) is 25.0 Å². The molecule has 1 saturated carbocycles. The van der Waals surface area contributed by atoms with E-state index in [0.717, 1.165) is 11.8 Å². The predicted octanol–water partition coefficient (Wildman–Crippen LogP) is 5.40. The van der Waals surface area contributed by atoms with Crippen LogP contribution in [0.3, 0.4) is 0 Å². The first kappa shape index (κ1) is 11.3. The standard InChI is InChI=1S/C18H26/c1-18-11-4-7-17(18)16-9-8-13-5-2-3-6-14(13)15(16)10-12-18/h10,16-17H,2-9,11-12H2,1H3/t16-,17+,18+/m1/s1. The lowest BCUT2D eigenvalue weighted by Crippen LogP contribution is -2.35. The monoisotopic (exact) mass is 242 g/mol. The van der Waals surface area contributed by atoms with Crippen LogP contribution in [-0.2, 0) is 0 Å². The Bertz CT molecular complexity index is 425. The third-order valence-corrected chi connectivity index (χ3v) is 6.52. The summed E-state index contributed by atoms with van der Waals surface area (Å²) in [4.78, 5) is 0. The zero-order valence-corrected chi connectivity index (χ0v) is 11.8. The van der Waals surface area contributed by atoms with Crippen molar-refractivity contribution in [2.24, 2.45) is 17.3 Å². The lowest BCUT2D eigenvalue weighted by atomic mass is 9.59. The summed E-state index contributed by atoms with van der Waals surface area (Å²) in [6, 6.07) is 0. The van der Waals surface area contributed by atoms with E-state index in [2.05, 4.69) is 13.0 Å². The molecule has 0 unspecified atom stereocenters. The molecule has 3 atom stereocenters. The third-order valence-electron chi connectivity index (χ3n) is 6.52. The van der Waals surface area contributed by atoms with Gasteiger partial charge in [0.15, 0.2) is 0 Å². The van der Waals surface area contributed by atoms with Crippen molar-refractivity contribution in [1.29, 1.82) is 0 Å². The third kappa shape index (κ3) is 1.50. The minimum atomic E-state index is 0.668. The van der Waals surface area contributed by atoms with E-state index in [0.29, 0.717) is 5.41 Å². The fourth-order valence-corrected chi connectivity index (χ4v) is 5.54. The number of rotatable bonds is 0. The second-order valence-corrected chi connectivity index (χ2v) is 7.45. The molecule has 0 N–H and O–H groups in total. The van der Waals surface area contributed by atoms with Crippen LogP contribution in [0.1, 0.15) is 71.1 Å². The molecule has 0 heterocycles. The van der Waals surface area contributed by atoms with Gasteiger partial charge in [0, 0.05) is 0 Å². The average Bonchev–Trinajstić information content (AvgIpc) is 2.80. The highest BCUT2D eigenvalue weighted by Gasteiger charge is 2.47. The van der Waals surface area contributed by atoms with Crippen LogP contribution in [0.25, 0.3) is 0 Å². The molecule has 4 aliphatic carbocycles. The Hall–Kier alpha value is -0.520. The second-order valence-electron chi connectivity index (χ2n) is 7.45. The highest BCUT2D eigenvalue weighted by Crippen LogP contribution is 2.58. The van der Waals surface area contributed by atoms with E-state index in [1.807, 2.05) is 16.7 Å². The molecule has 0 aliphatic heterocycles. The summed E-state index contributed by atoms with van der Waals surface area (Å²) >= 11 is 0. The highest BCUT2D eigenvalue weighted by molar-refractivity contribution is 5.43. The highest BCUT2D eigenvalue weighted by atomic mass is 14.5. The van der Waals surface area contributed by atoms with Crippen molar-refractivity contribution in [3.63, 3.8) is 0 Å². The van der Waals surface area contributed by atoms with Gasteiger partial charge in [-0.25, -0.2) is 0 Å². The van der Waals surface area contributed by atoms with Gasteiger partial charge in [0.25, 0.3) is 0 Å². The molecule has 4 aliphatic rings. The summed E-state index contributed by atoms with van der Waals surface area (Å²) in [6.45, 7) is 2.57. The minimum absolute atomic E-state index is 0.668. The second kappa shape index (κ2) is 3.99. The van der Waals surface area contributed by atoms with Gasteiger partial charge < -0.3 is 0 Å². The average molecular weight is 242 g/mol. The summed E-state index contributed by atoms with van der Waals surface area (Å²) in [5, 5.41) is 0. The predicted molar refractivity (Wildman–Crippen MR) is 76.4 cm³/mol. The van der Waals surface area contributed by atoms with Crippen LogP contribution in [0, 0.1) is 17.3 Å². The summed E-state index contributed by atoms with van der Waals surface area (Å²) in [7, 11) is 0. The van der Waals surface area contributed by atoms with Gasteiger partial charge in [-0.3, -0.25) is 0 Å². The largest absolute Gasteiger partial charge is 0.0802 e. The Morgan fingerprint density at radius 3 is 2.89 bits per heavy atom. The van der Waals surface area contributed by atoms with Crippen LogP contribution in [0.2, 0.25) is 0 Å². The molecule has 0 amide bonds. The van der Waals surface area contributed by atoms with E-state index in [1.165, 1.54) is 64.2 Å². The quantitative estimate of drug-likeness (QED) is 0.533. The van der Waals surface area contributed by atoms with Crippen molar-refractivity contribution in [1.82, 2.24) is 0 Å². The first-order chi connectivity index (χ1) is 8.78. The molecule has 4 rings (SSSR count).